The normalized spacial score (nSPS) is 15.0. The number of ketones is 1. The van der Waals surface area contributed by atoms with Crippen molar-refractivity contribution in [1.29, 1.82) is 0 Å². The average molecular weight is 471 g/mol. The molecule has 0 fully saturated rings. The van der Waals surface area contributed by atoms with Gasteiger partial charge in [-0.1, -0.05) is 0 Å². The van der Waals surface area contributed by atoms with Gasteiger partial charge in [0.1, 0.15) is 17.3 Å². The molecule has 0 saturated heterocycles. The Kier molecular flexibility index (Phi) is 7.05. The van der Waals surface area contributed by atoms with Crippen LogP contribution in [-0.4, -0.2) is 57.2 Å². The first kappa shape index (κ1) is 22.6. The minimum atomic E-state index is -0.489. The highest BCUT2D eigenvalue weighted by Crippen LogP contribution is 2.26. The van der Waals surface area contributed by atoms with Crippen LogP contribution in [0, 0.1) is 0 Å². The topological polar surface area (TPSA) is 151 Å². The lowest BCUT2D eigenvalue weighted by atomic mass is 10.1. The van der Waals surface area contributed by atoms with Crippen molar-refractivity contribution in [2.75, 3.05) is 25.1 Å². The first-order valence-corrected chi connectivity index (χ1v) is 11.2. The molecule has 1 aliphatic rings. The number of nitrogens with one attached hydrogen (secondary N) is 1. The summed E-state index contributed by atoms with van der Waals surface area (Å²) in [5.41, 5.74) is 6.55. The zero-order valence-corrected chi connectivity index (χ0v) is 18.5. The molecular formula is C21H22N6O5S. The fraction of sp³-hybridized carbons (Fsp3) is 0.333. The van der Waals surface area contributed by atoms with Gasteiger partial charge < -0.3 is 20.5 Å². The predicted molar refractivity (Wildman–Crippen MR) is 119 cm³/mol. The quantitative estimate of drug-likeness (QED) is 0.589. The molecule has 4 heterocycles. The number of ether oxygens (including phenoxy) is 2. The minimum absolute atomic E-state index is 0.0575. The van der Waals surface area contributed by atoms with Crippen molar-refractivity contribution in [3.8, 4) is 16.5 Å². The molecule has 4 bridgehead atoms. The molecule has 172 valence electrons. The third kappa shape index (κ3) is 5.79. The highest BCUT2D eigenvalue weighted by molar-refractivity contribution is 7.13. The summed E-state index contributed by atoms with van der Waals surface area (Å²) in [6.45, 7) is 1.22. The number of aromatic nitrogens is 4. The molecule has 3 N–H and O–H groups in total. The van der Waals surface area contributed by atoms with Crippen molar-refractivity contribution in [2.45, 2.75) is 25.8 Å². The highest BCUT2D eigenvalue weighted by Gasteiger charge is 2.21. The molecule has 3 aromatic rings. The van der Waals surface area contributed by atoms with Gasteiger partial charge in [-0.25, -0.2) is 9.97 Å². The van der Waals surface area contributed by atoms with E-state index in [1.165, 1.54) is 22.2 Å². The zero-order valence-electron chi connectivity index (χ0n) is 17.7. The number of hydrogen-bond acceptors (Lipinski definition) is 9. The number of nitrogens with zero attached hydrogens (tertiary/aromatic N) is 4. The molecule has 0 atom stereocenters. The van der Waals surface area contributed by atoms with Crippen molar-refractivity contribution < 1.29 is 23.9 Å². The second-order valence-electron chi connectivity index (χ2n) is 7.23. The van der Waals surface area contributed by atoms with E-state index < -0.39 is 11.8 Å². The fourth-order valence-corrected chi connectivity index (χ4v) is 3.93. The van der Waals surface area contributed by atoms with E-state index in [-0.39, 0.29) is 42.2 Å². The summed E-state index contributed by atoms with van der Waals surface area (Å²) in [4.78, 5) is 45.3. The fourth-order valence-electron chi connectivity index (χ4n) is 3.14. The van der Waals surface area contributed by atoms with Gasteiger partial charge in [0.2, 0.25) is 11.8 Å². The number of pyridine rings is 1. The summed E-state index contributed by atoms with van der Waals surface area (Å²) in [7, 11) is 0. The number of Topliss-reactive ketones (excluding diaryl/α,β-unsaturated/α-hetero) is 1. The Morgan fingerprint density at radius 2 is 2.15 bits per heavy atom. The second-order valence-corrected chi connectivity index (χ2v) is 8.09. The summed E-state index contributed by atoms with van der Waals surface area (Å²) in [5.74, 6) is -0.781. The Bertz CT molecular complexity index is 1170. The molecule has 0 radical (unpaired) electrons. The van der Waals surface area contributed by atoms with Gasteiger partial charge in [0.25, 0.3) is 5.91 Å². The minimum Gasteiger partial charge on any atom is -0.475 e. The van der Waals surface area contributed by atoms with Crippen LogP contribution in [0.2, 0.25) is 0 Å². The number of anilines is 1. The zero-order chi connectivity index (χ0) is 23.2. The SMILES string of the molecule is NC(=O)CCn1cc2c(n1)C(=O)CCCOCCOc1cc(ccn1)-c1nc(cs1)C(=O)N2. The average Bonchev–Trinajstić information content (AvgIpc) is 3.44. The Morgan fingerprint density at radius 3 is 3.00 bits per heavy atom. The van der Waals surface area contributed by atoms with E-state index in [4.69, 9.17) is 15.2 Å². The number of nitrogens with two attached hydrogens (primary N) is 1. The molecule has 0 aromatic carbocycles. The molecule has 0 aliphatic carbocycles. The molecule has 0 spiro atoms. The van der Waals surface area contributed by atoms with Gasteiger partial charge in [0, 0.05) is 55.4 Å². The van der Waals surface area contributed by atoms with Crippen LogP contribution in [0.5, 0.6) is 5.88 Å². The molecule has 2 amide bonds. The number of hydrogen-bond donors (Lipinski definition) is 2. The van der Waals surface area contributed by atoms with Crippen LogP contribution in [0.1, 0.15) is 40.2 Å². The van der Waals surface area contributed by atoms with Crippen LogP contribution < -0.4 is 15.8 Å². The van der Waals surface area contributed by atoms with Gasteiger partial charge in [0.05, 0.1) is 12.3 Å². The van der Waals surface area contributed by atoms with E-state index in [1.54, 1.807) is 23.7 Å². The lowest BCUT2D eigenvalue weighted by molar-refractivity contribution is -0.118. The van der Waals surface area contributed by atoms with Crippen LogP contribution in [-0.2, 0) is 16.1 Å². The summed E-state index contributed by atoms with van der Waals surface area (Å²) in [5, 5.41) is 9.24. The number of primary amides is 1. The van der Waals surface area contributed by atoms with Gasteiger partial charge >= 0.3 is 0 Å². The molecule has 3 aromatic heterocycles. The van der Waals surface area contributed by atoms with Crippen molar-refractivity contribution in [2.24, 2.45) is 5.73 Å². The largest absolute Gasteiger partial charge is 0.475 e. The third-order valence-electron chi connectivity index (χ3n) is 4.75. The number of rotatable bonds is 3. The molecule has 11 nitrogen and oxygen atoms in total. The maximum Gasteiger partial charge on any atom is 0.275 e. The van der Waals surface area contributed by atoms with Gasteiger partial charge in [0.15, 0.2) is 11.5 Å². The van der Waals surface area contributed by atoms with Crippen molar-refractivity contribution in [3.63, 3.8) is 0 Å². The van der Waals surface area contributed by atoms with E-state index in [1.807, 2.05) is 0 Å². The standard InChI is InChI=1S/C21H22N6O5S/c22-17(29)4-6-27-11-14-19(26-27)16(28)2-1-7-31-8-9-32-18-10-13(3-5-23-18)21-25-15(12-33-21)20(30)24-14/h3,5,10-12H,1-2,4,6-9H2,(H2,22,29)(H,24,30). The Morgan fingerprint density at radius 1 is 1.27 bits per heavy atom. The first-order chi connectivity index (χ1) is 16.0. The van der Waals surface area contributed by atoms with Crippen molar-refractivity contribution >= 4 is 34.6 Å². The molecular weight excluding hydrogens is 448 g/mol. The molecule has 4 rings (SSSR count). The Hall–Kier alpha value is -3.64. The van der Waals surface area contributed by atoms with Crippen LogP contribution >= 0.6 is 11.3 Å². The Balaban J connectivity index is 1.62. The molecule has 12 heteroatoms. The number of fused-ring (bicyclic) bond motifs is 6. The number of carbonyl (C=O) groups is 3. The van der Waals surface area contributed by atoms with E-state index in [0.29, 0.717) is 37.1 Å². The second kappa shape index (κ2) is 10.3. The van der Waals surface area contributed by atoms with Gasteiger partial charge in [-0.3, -0.25) is 19.1 Å². The summed E-state index contributed by atoms with van der Waals surface area (Å²) in [6, 6.07) is 3.53. The number of thiazole rings is 1. The van der Waals surface area contributed by atoms with Gasteiger partial charge in [-0.2, -0.15) is 5.10 Å². The van der Waals surface area contributed by atoms with Gasteiger partial charge in [-0.15, -0.1) is 11.3 Å². The van der Waals surface area contributed by atoms with E-state index in [0.717, 1.165) is 5.56 Å². The van der Waals surface area contributed by atoms with Crippen LogP contribution in [0.25, 0.3) is 10.6 Å². The van der Waals surface area contributed by atoms with E-state index >= 15 is 0 Å². The number of amides is 2. The van der Waals surface area contributed by atoms with E-state index in [2.05, 4.69) is 20.4 Å². The summed E-state index contributed by atoms with van der Waals surface area (Å²) >= 11 is 1.30. The Labute approximate surface area is 192 Å². The van der Waals surface area contributed by atoms with Crippen molar-refractivity contribution in [1.82, 2.24) is 19.7 Å². The lowest BCUT2D eigenvalue weighted by Gasteiger charge is -2.08. The first-order valence-electron chi connectivity index (χ1n) is 10.3. The van der Waals surface area contributed by atoms with Crippen molar-refractivity contribution in [3.05, 3.63) is 41.3 Å². The maximum atomic E-state index is 12.9. The molecule has 33 heavy (non-hydrogen) atoms. The van der Waals surface area contributed by atoms with Crippen LogP contribution in [0.4, 0.5) is 5.69 Å². The third-order valence-corrected chi connectivity index (χ3v) is 5.64. The molecule has 0 unspecified atom stereocenters. The molecule has 0 saturated carbocycles. The number of carbonyl (C=O) groups excluding carboxylic acids is 3. The monoisotopic (exact) mass is 470 g/mol. The van der Waals surface area contributed by atoms with Gasteiger partial charge in [-0.05, 0) is 12.5 Å². The van der Waals surface area contributed by atoms with E-state index in [9.17, 15) is 14.4 Å². The smallest absolute Gasteiger partial charge is 0.275 e. The maximum absolute atomic E-state index is 12.9. The van der Waals surface area contributed by atoms with Crippen LogP contribution in [0.3, 0.4) is 0 Å². The van der Waals surface area contributed by atoms with Crippen LogP contribution in [0.15, 0.2) is 29.9 Å². The predicted octanol–water partition coefficient (Wildman–Crippen LogP) is 1.90. The summed E-state index contributed by atoms with van der Waals surface area (Å²) in [6.07, 6.45) is 3.85. The number of aryl methyl sites for hydroxylation is 1. The highest BCUT2D eigenvalue weighted by atomic mass is 32.1. The molecule has 1 aliphatic heterocycles. The summed E-state index contributed by atoms with van der Waals surface area (Å²) < 4.78 is 12.6. The lowest BCUT2D eigenvalue weighted by Crippen LogP contribution is -2.15.